The number of hydrogen-bond donors (Lipinski definition) is 2. The minimum atomic E-state index is -0.785. The number of pyridine rings is 1. The van der Waals surface area contributed by atoms with Gasteiger partial charge in [0.25, 0.3) is 5.91 Å². The summed E-state index contributed by atoms with van der Waals surface area (Å²) >= 11 is 0. The Hall–Kier alpha value is -3.42. The second-order valence-electron chi connectivity index (χ2n) is 7.30. The molecule has 8 nitrogen and oxygen atoms in total. The Morgan fingerprint density at radius 1 is 1.28 bits per heavy atom. The van der Waals surface area contributed by atoms with Crippen LogP contribution in [0, 0.1) is 13.8 Å². The monoisotopic (exact) mass is 396 g/mol. The highest BCUT2D eigenvalue weighted by Crippen LogP contribution is 2.27. The van der Waals surface area contributed by atoms with Crippen LogP contribution in [-0.4, -0.2) is 33.2 Å². The average Bonchev–Trinajstić information content (AvgIpc) is 2.95. The summed E-state index contributed by atoms with van der Waals surface area (Å²) < 4.78 is 6.59. The molecular formula is C21H24N4O4. The van der Waals surface area contributed by atoms with E-state index in [1.54, 1.807) is 14.0 Å². The highest BCUT2D eigenvalue weighted by atomic mass is 16.5. The van der Waals surface area contributed by atoms with Gasteiger partial charge in [-0.3, -0.25) is 14.3 Å². The number of benzene rings is 1. The summed E-state index contributed by atoms with van der Waals surface area (Å²) in [6.45, 7) is 7.24. The Morgan fingerprint density at radius 3 is 2.69 bits per heavy atom. The fraction of sp³-hybridized carbons (Fsp3) is 0.333. The SMILES string of the molecule is Cc1cccc(C(C)C)c1NC(=O)COC(=O)c1cc(=O)c2c(C)nn(C)c2[nH]1. The van der Waals surface area contributed by atoms with Crippen molar-refractivity contribution in [1.29, 1.82) is 0 Å². The first-order valence-electron chi connectivity index (χ1n) is 9.32. The van der Waals surface area contributed by atoms with Crippen LogP contribution in [0.25, 0.3) is 11.0 Å². The van der Waals surface area contributed by atoms with Gasteiger partial charge in [0.2, 0.25) is 0 Å². The Labute approximate surface area is 167 Å². The van der Waals surface area contributed by atoms with Crippen molar-refractivity contribution in [1.82, 2.24) is 14.8 Å². The van der Waals surface area contributed by atoms with Gasteiger partial charge in [-0.25, -0.2) is 4.79 Å². The molecule has 1 aromatic carbocycles. The van der Waals surface area contributed by atoms with E-state index in [9.17, 15) is 14.4 Å². The molecule has 0 saturated heterocycles. The molecule has 29 heavy (non-hydrogen) atoms. The molecule has 0 spiro atoms. The van der Waals surface area contributed by atoms with Crippen LogP contribution in [0.3, 0.4) is 0 Å². The highest BCUT2D eigenvalue weighted by Gasteiger charge is 2.18. The van der Waals surface area contributed by atoms with E-state index < -0.39 is 18.5 Å². The van der Waals surface area contributed by atoms with Crippen LogP contribution >= 0.6 is 0 Å². The lowest BCUT2D eigenvalue weighted by Crippen LogP contribution is -2.23. The lowest BCUT2D eigenvalue weighted by Gasteiger charge is -2.16. The second kappa shape index (κ2) is 7.90. The number of ether oxygens (including phenoxy) is 1. The van der Waals surface area contributed by atoms with Gasteiger partial charge >= 0.3 is 5.97 Å². The first kappa shape index (κ1) is 20.3. The van der Waals surface area contributed by atoms with Crippen LogP contribution in [0.4, 0.5) is 5.69 Å². The molecule has 8 heteroatoms. The van der Waals surface area contributed by atoms with Gasteiger partial charge in [-0.2, -0.15) is 5.10 Å². The number of aryl methyl sites for hydroxylation is 3. The maximum atomic E-state index is 12.4. The second-order valence-corrected chi connectivity index (χ2v) is 7.30. The largest absolute Gasteiger partial charge is 0.451 e. The Kier molecular flexibility index (Phi) is 5.54. The van der Waals surface area contributed by atoms with Crippen LogP contribution < -0.4 is 10.7 Å². The summed E-state index contributed by atoms with van der Waals surface area (Å²) in [6.07, 6.45) is 0. The summed E-state index contributed by atoms with van der Waals surface area (Å²) in [6, 6.07) is 6.96. The van der Waals surface area contributed by atoms with Crippen molar-refractivity contribution < 1.29 is 14.3 Å². The number of rotatable bonds is 5. The number of aromatic nitrogens is 3. The summed E-state index contributed by atoms with van der Waals surface area (Å²) in [5.74, 6) is -1.01. The number of amides is 1. The maximum absolute atomic E-state index is 12.4. The third-order valence-electron chi connectivity index (χ3n) is 4.74. The molecule has 0 bridgehead atoms. The van der Waals surface area contributed by atoms with Crippen molar-refractivity contribution in [2.75, 3.05) is 11.9 Å². The van der Waals surface area contributed by atoms with E-state index in [2.05, 4.69) is 15.4 Å². The molecule has 1 amide bonds. The first-order chi connectivity index (χ1) is 13.7. The molecule has 152 valence electrons. The maximum Gasteiger partial charge on any atom is 0.355 e. The number of hydrogen-bond acceptors (Lipinski definition) is 5. The third-order valence-corrected chi connectivity index (χ3v) is 4.74. The number of aromatic amines is 1. The minimum absolute atomic E-state index is 0.0305. The zero-order chi connectivity index (χ0) is 21.3. The van der Waals surface area contributed by atoms with Crippen molar-refractivity contribution >= 4 is 28.6 Å². The number of carbonyl (C=O) groups excluding carboxylic acids is 2. The predicted molar refractivity (Wildman–Crippen MR) is 110 cm³/mol. The van der Waals surface area contributed by atoms with E-state index >= 15 is 0 Å². The third kappa shape index (κ3) is 4.06. The standard InChI is InChI=1S/C21H24N4O4/c1-11(2)14-8-6-7-12(3)19(14)23-17(27)10-29-21(28)15-9-16(26)18-13(4)24-25(5)20(18)22-15/h6-9,11H,10H2,1-5H3,(H,22,26)(H,23,27). The fourth-order valence-electron chi connectivity index (χ4n) is 3.30. The van der Waals surface area contributed by atoms with Crippen molar-refractivity contribution in [3.05, 3.63) is 57.0 Å². The molecule has 0 fully saturated rings. The zero-order valence-corrected chi connectivity index (χ0v) is 17.1. The molecule has 0 saturated carbocycles. The van der Waals surface area contributed by atoms with Gasteiger partial charge in [0.1, 0.15) is 11.3 Å². The Bertz CT molecular complexity index is 1160. The number of anilines is 1. The first-order valence-corrected chi connectivity index (χ1v) is 9.32. The van der Waals surface area contributed by atoms with Gasteiger partial charge in [-0.1, -0.05) is 32.0 Å². The van der Waals surface area contributed by atoms with E-state index in [0.717, 1.165) is 22.9 Å². The molecule has 0 aliphatic rings. The molecule has 3 rings (SSSR count). The average molecular weight is 396 g/mol. The van der Waals surface area contributed by atoms with Crippen LogP contribution in [0.2, 0.25) is 0 Å². The molecule has 2 aromatic heterocycles. The Morgan fingerprint density at radius 2 is 2.00 bits per heavy atom. The van der Waals surface area contributed by atoms with Crippen molar-refractivity contribution in [3.8, 4) is 0 Å². The van der Waals surface area contributed by atoms with Gasteiger partial charge < -0.3 is 15.0 Å². The number of H-pyrrole nitrogens is 1. The van der Waals surface area contributed by atoms with Crippen molar-refractivity contribution in [2.24, 2.45) is 7.05 Å². The number of nitrogens with zero attached hydrogens (tertiary/aromatic N) is 2. The van der Waals surface area contributed by atoms with Crippen LogP contribution in [0.15, 0.2) is 29.1 Å². The van der Waals surface area contributed by atoms with Crippen molar-refractivity contribution in [3.63, 3.8) is 0 Å². The summed E-state index contributed by atoms with van der Waals surface area (Å²) in [7, 11) is 1.67. The van der Waals surface area contributed by atoms with Gasteiger partial charge in [-0.15, -0.1) is 0 Å². The molecule has 0 radical (unpaired) electrons. The van der Waals surface area contributed by atoms with E-state index in [0.29, 0.717) is 16.7 Å². The number of para-hydroxylation sites is 1. The van der Waals surface area contributed by atoms with Gasteiger partial charge in [0, 0.05) is 18.8 Å². The fourth-order valence-corrected chi connectivity index (χ4v) is 3.30. The van der Waals surface area contributed by atoms with E-state index in [1.165, 1.54) is 4.68 Å². The predicted octanol–water partition coefficient (Wildman–Crippen LogP) is 2.80. The molecule has 0 unspecified atom stereocenters. The smallest absolute Gasteiger partial charge is 0.355 e. The summed E-state index contributed by atoms with van der Waals surface area (Å²) in [4.78, 5) is 39.8. The molecule has 3 aromatic rings. The van der Waals surface area contributed by atoms with Crippen LogP contribution in [-0.2, 0) is 16.6 Å². The highest BCUT2D eigenvalue weighted by molar-refractivity contribution is 5.96. The molecular weight excluding hydrogens is 372 g/mol. The normalized spacial score (nSPS) is 11.1. The molecule has 0 aliphatic carbocycles. The number of carbonyl (C=O) groups is 2. The molecule has 0 aliphatic heterocycles. The van der Waals surface area contributed by atoms with Gasteiger partial charge in [0.05, 0.1) is 11.1 Å². The number of nitrogens with one attached hydrogen (secondary N) is 2. The lowest BCUT2D eigenvalue weighted by molar-refractivity contribution is -0.119. The van der Waals surface area contributed by atoms with Crippen molar-refractivity contribution in [2.45, 2.75) is 33.6 Å². The van der Waals surface area contributed by atoms with Gasteiger partial charge in [-0.05, 0) is 30.9 Å². The zero-order valence-electron chi connectivity index (χ0n) is 17.1. The van der Waals surface area contributed by atoms with E-state index in [-0.39, 0.29) is 17.0 Å². The molecule has 2 N–H and O–H groups in total. The topological polar surface area (TPSA) is 106 Å². The minimum Gasteiger partial charge on any atom is -0.451 e. The van der Waals surface area contributed by atoms with E-state index in [4.69, 9.17) is 4.74 Å². The lowest BCUT2D eigenvalue weighted by atomic mass is 9.98. The quantitative estimate of drug-likeness (QED) is 0.645. The number of esters is 1. The molecule has 2 heterocycles. The Balaban J connectivity index is 1.73. The summed E-state index contributed by atoms with van der Waals surface area (Å²) in [5, 5.41) is 7.41. The summed E-state index contributed by atoms with van der Waals surface area (Å²) in [5.41, 5.74) is 3.29. The van der Waals surface area contributed by atoms with Crippen LogP contribution in [0.1, 0.15) is 47.1 Å². The number of fused-ring (bicyclic) bond motifs is 1. The van der Waals surface area contributed by atoms with E-state index in [1.807, 2.05) is 39.0 Å². The molecule has 0 atom stereocenters. The van der Waals surface area contributed by atoms with Gasteiger partial charge in [0.15, 0.2) is 12.0 Å². The van der Waals surface area contributed by atoms with Crippen LogP contribution in [0.5, 0.6) is 0 Å².